The lowest BCUT2D eigenvalue weighted by Gasteiger charge is -2.35. The lowest BCUT2D eigenvalue weighted by Crippen LogP contribution is -2.53. The number of methoxy groups -OCH3 is 2. The first kappa shape index (κ1) is 117. The number of nitrogens with two attached hydrogens (primary N) is 1. The van der Waals surface area contributed by atoms with Crippen LogP contribution in [0.1, 0.15) is 151 Å². The van der Waals surface area contributed by atoms with Crippen LogP contribution in [-0.4, -0.2) is 310 Å². The zero-order valence-corrected chi connectivity index (χ0v) is 86.6. The summed E-state index contributed by atoms with van der Waals surface area (Å²) in [6.45, 7) is 11.5. The predicted molar refractivity (Wildman–Crippen MR) is 541 cm³/mol. The molecule has 0 saturated heterocycles. The van der Waals surface area contributed by atoms with Gasteiger partial charge in [-0.2, -0.15) is 0 Å². The number of carbonyl (C=O) groups excluding carboxylic acids is 13. The quantitative estimate of drug-likeness (QED) is 0.00889. The monoisotopic (exact) mass is 2110 g/mol. The van der Waals surface area contributed by atoms with Crippen molar-refractivity contribution in [2.75, 3.05) is 189 Å². The minimum absolute atomic E-state index is 0.0160. The number of rotatable bonds is 72. The number of ether oxygens (including phenoxy) is 16. The van der Waals surface area contributed by atoms with E-state index in [1.807, 2.05) is 60.7 Å². The highest BCUT2D eigenvalue weighted by Gasteiger charge is 2.53. The number of pyridine rings is 4. The minimum Gasteiger partial charge on any atom is -0.457 e. The van der Waals surface area contributed by atoms with Crippen molar-refractivity contribution in [1.29, 1.82) is 0 Å². The molecular weight excluding hydrogens is 1980 g/mol. The number of benzene rings is 2. The number of hydrogen-bond donors (Lipinski definition) is 8. The van der Waals surface area contributed by atoms with E-state index in [0.29, 0.717) is 139 Å². The normalized spacial score (nSPS) is 15.7. The van der Waals surface area contributed by atoms with Crippen molar-refractivity contribution >= 4 is 142 Å². The van der Waals surface area contributed by atoms with Crippen LogP contribution in [0.15, 0.2) is 82.4 Å². The van der Waals surface area contributed by atoms with Crippen LogP contribution < -0.4 is 54.1 Å². The molecule has 9 N–H and O–H groups in total. The molecule has 146 heavy (non-hydrogen) atoms. The van der Waals surface area contributed by atoms with Crippen molar-refractivity contribution in [1.82, 2.24) is 56.3 Å². The number of fused-ring (bicyclic) bond motifs is 10. The molecule has 8 heterocycles. The van der Waals surface area contributed by atoms with E-state index in [1.165, 1.54) is 35.4 Å². The van der Waals surface area contributed by atoms with Gasteiger partial charge >= 0.3 is 24.2 Å². The van der Waals surface area contributed by atoms with Crippen LogP contribution >= 0.6 is 43.2 Å². The van der Waals surface area contributed by atoms with E-state index in [-0.39, 0.29) is 213 Å². The number of primary amides is 1. The Labute approximate surface area is 861 Å². The molecule has 0 fully saturated rings. The van der Waals surface area contributed by atoms with Gasteiger partial charge in [0, 0.05) is 129 Å². The Balaban J connectivity index is 0.754. The smallest absolute Gasteiger partial charge is 0.457 e. The largest absolute Gasteiger partial charge is 0.509 e. The molecule has 7 atom stereocenters. The lowest BCUT2D eigenvalue weighted by molar-refractivity contribution is -0.175. The second-order valence-electron chi connectivity index (χ2n) is 34.4. The molecule has 0 bridgehead atoms. The Bertz CT molecular complexity index is 5530. The van der Waals surface area contributed by atoms with Gasteiger partial charge in [-0.3, -0.25) is 52.7 Å². The fourth-order valence-corrected chi connectivity index (χ4v) is 20.5. The third kappa shape index (κ3) is 35.7. The number of aromatic nitrogens is 4. The van der Waals surface area contributed by atoms with Crippen molar-refractivity contribution < 1.29 is 138 Å². The van der Waals surface area contributed by atoms with Gasteiger partial charge < -0.3 is 128 Å². The molecule has 43 nitrogen and oxygen atoms in total. The first-order valence-electron chi connectivity index (χ1n) is 49.0. The highest BCUT2D eigenvalue weighted by atomic mass is 33.1. The fraction of sp³-hybridized carbons (Fsp3) is 0.586. The number of Topliss-reactive ketones (excluding diaryl/α,β-unsaturated/α-hetero) is 1. The SMILES string of the molecule is CC[C@]1(OC(=O)OCCSSC[C@@H](NC(C)=O)C(=O)N[C@@H](CCCCNC(=O)[C@@H](CSSCCOC(=O)O[C@]2(CC)C(=O)OCc3c2cc2n(c3=O)Cc3cc4ccccc4nc3-2)NC(C)=O)C(=O)C[C@@H](CCCCNC(=O)CCOCCOCCOCCOCCOC)C(=O)N[C@@H](CCCCNC(=O)CCOCCOCCOCCOCCOC)C(N)=O)C(=O)OCc2c1cc1n(c2=O)Cc2cc3ccccc3nc2-1. The van der Waals surface area contributed by atoms with Crippen molar-refractivity contribution in [3.63, 3.8) is 0 Å². The van der Waals surface area contributed by atoms with Crippen molar-refractivity contribution in [2.45, 2.75) is 179 Å². The summed E-state index contributed by atoms with van der Waals surface area (Å²) in [5, 5.41) is 21.1. The summed E-state index contributed by atoms with van der Waals surface area (Å²) in [6.07, 6.45) is -1.59. The van der Waals surface area contributed by atoms with E-state index < -0.39 is 124 Å². The van der Waals surface area contributed by atoms with Gasteiger partial charge in [0.15, 0.2) is 5.78 Å². The number of nitrogens with zero attached hydrogens (tertiary/aromatic N) is 4. The van der Waals surface area contributed by atoms with E-state index >= 15 is 4.79 Å². The average molecular weight is 2120 g/mol. The summed E-state index contributed by atoms with van der Waals surface area (Å²) in [7, 11) is 7.78. The fourth-order valence-electron chi connectivity index (χ4n) is 16.5. The van der Waals surface area contributed by atoms with Crippen LogP contribution in [0.25, 0.3) is 44.6 Å². The molecule has 0 saturated carbocycles. The molecule has 47 heteroatoms. The van der Waals surface area contributed by atoms with Crippen molar-refractivity contribution in [3.05, 3.63) is 127 Å². The maximum Gasteiger partial charge on any atom is 0.509 e. The highest BCUT2D eigenvalue weighted by molar-refractivity contribution is 8.77. The molecule has 0 radical (unpaired) electrons. The lowest BCUT2D eigenvalue weighted by atomic mass is 9.85. The molecule has 4 aliphatic rings. The van der Waals surface area contributed by atoms with E-state index in [4.69, 9.17) is 91.5 Å². The Morgan fingerprint density at radius 2 is 0.822 bits per heavy atom. The predicted octanol–water partition coefficient (Wildman–Crippen LogP) is 6.36. The average Bonchev–Trinajstić information content (AvgIpc) is 1.47. The molecule has 0 aliphatic carbocycles. The van der Waals surface area contributed by atoms with Crippen LogP contribution in [0.4, 0.5) is 9.59 Å². The highest BCUT2D eigenvalue weighted by Crippen LogP contribution is 2.44. The van der Waals surface area contributed by atoms with Gasteiger partial charge in [-0.15, -0.1) is 0 Å². The summed E-state index contributed by atoms with van der Waals surface area (Å²) in [5.74, 6) is -8.25. The number of carbonyl (C=O) groups is 13. The zero-order chi connectivity index (χ0) is 105. The number of esters is 2. The molecule has 8 amide bonds. The van der Waals surface area contributed by atoms with Gasteiger partial charge in [-0.1, -0.05) is 99.8 Å². The number of ketones is 1. The first-order chi connectivity index (χ1) is 70.7. The number of amides is 8. The summed E-state index contributed by atoms with van der Waals surface area (Å²) in [4.78, 5) is 216. The maximum atomic E-state index is 15.2. The topological polar surface area (TPSA) is 550 Å². The van der Waals surface area contributed by atoms with Crippen molar-refractivity contribution in [3.8, 4) is 22.8 Å². The number of hydrogen-bond acceptors (Lipinski definition) is 37. The van der Waals surface area contributed by atoms with E-state index in [1.54, 1.807) is 49.3 Å². The Morgan fingerprint density at radius 3 is 1.23 bits per heavy atom. The molecule has 2 aromatic carbocycles. The summed E-state index contributed by atoms with van der Waals surface area (Å²) in [5.41, 5.74) is 6.50. The van der Waals surface area contributed by atoms with Gasteiger partial charge in [0.2, 0.25) is 58.5 Å². The second kappa shape index (κ2) is 62.4. The number of cyclic esters (lactones) is 2. The summed E-state index contributed by atoms with van der Waals surface area (Å²) < 4.78 is 90.6. The Morgan fingerprint density at radius 1 is 0.438 bits per heavy atom. The molecule has 6 aromatic rings. The third-order valence-corrected chi connectivity index (χ3v) is 28.8. The second-order valence-corrected chi connectivity index (χ2v) is 39.6. The van der Waals surface area contributed by atoms with Gasteiger partial charge in [0.25, 0.3) is 11.1 Å². The van der Waals surface area contributed by atoms with E-state index in [0.717, 1.165) is 43.5 Å². The first-order valence-corrected chi connectivity index (χ1v) is 54.0. The van der Waals surface area contributed by atoms with Crippen LogP contribution in [0.5, 0.6) is 0 Å². The minimum atomic E-state index is -2.07. The summed E-state index contributed by atoms with van der Waals surface area (Å²) >= 11 is 0. The number of unbranched alkanes of at least 4 members (excludes halogenated alkanes) is 3. The van der Waals surface area contributed by atoms with Gasteiger partial charge in [0.1, 0.15) is 44.6 Å². The maximum absolute atomic E-state index is 15.2. The number of para-hydroxylation sites is 2. The molecule has 0 spiro atoms. The molecule has 10 rings (SSSR count). The Hall–Kier alpha value is -10.9. The van der Waals surface area contributed by atoms with E-state index in [2.05, 4.69) is 37.2 Å². The van der Waals surface area contributed by atoms with Crippen LogP contribution in [0.2, 0.25) is 0 Å². The van der Waals surface area contributed by atoms with Crippen molar-refractivity contribution in [2.24, 2.45) is 11.7 Å². The number of nitrogens with one attached hydrogen (secondary N) is 7. The van der Waals surface area contributed by atoms with Gasteiger partial charge in [-0.25, -0.2) is 29.1 Å². The third-order valence-electron chi connectivity index (χ3n) is 24.1. The van der Waals surface area contributed by atoms with Crippen LogP contribution in [-0.2, 0) is 166 Å². The molecule has 800 valence electrons. The van der Waals surface area contributed by atoms with E-state index in [9.17, 15) is 67.1 Å². The summed E-state index contributed by atoms with van der Waals surface area (Å²) in [6, 6.07) is 17.2. The molecule has 0 unspecified atom stereocenters. The Kier molecular flexibility index (Phi) is 50.0. The van der Waals surface area contributed by atoms with Crippen LogP contribution in [0, 0.1) is 5.92 Å². The molecule has 4 aromatic heterocycles. The molecular formula is C99H134N12O31S4. The zero-order valence-electron chi connectivity index (χ0n) is 83.3. The van der Waals surface area contributed by atoms with Gasteiger partial charge in [-0.05, 0) is 101 Å². The van der Waals surface area contributed by atoms with Crippen LogP contribution in [0.3, 0.4) is 0 Å². The molecule has 4 aliphatic heterocycles. The van der Waals surface area contributed by atoms with Gasteiger partial charge in [0.05, 0.1) is 183 Å². The standard InChI is InChI=1S/C99H134N12O31S4/c1-7-98(73-56-81-86-69(53-66-19-9-11-22-75(66)106-86)58-110(81)92(121)71(73)60-139-94(98)123)141-96(125)137-49-51-143-145-62-79(104-64(3)112)90(119)103-30-18-14-24-77(108-91(120)80(105-65(4)113)63-146-144-52-50-138-97(126)142-99(8-2)74-57-82-87-70(54-67-20-10-12-23-76(67)107-87)59-111(82)93(122)72(74)61-140-95(99)124)83(114)55-68(21-13-16-28-101-84(115)26-31-129-37-39-133-45-47-135-43-41-131-35-33-127-5)89(118)109-78(88(100)117)25-15-17-29-102-85(116)27-32-130-38-40-134-46-48-136-44-42-132-36-34-128-6/h9-12,19-20,22-23,53-54,56-57,68,77-80H,7-8,13-18,21,24-52,55,58-63H2,1-6H3,(H2,100,117)(H,101,115)(H,102,116)(H,103,119)(H,104,112)(H,105,113)(H,108,120)(H,109,118)/t68-,77+,78+,79-,80-,98+,99-/m1/s1.